The number of amides is 1. The van der Waals surface area contributed by atoms with E-state index in [0.29, 0.717) is 30.8 Å². The van der Waals surface area contributed by atoms with Crippen LogP contribution in [0.2, 0.25) is 0 Å². The van der Waals surface area contributed by atoms with Crippen LogP contribution >= 0.6 is 0 Å². The number of carbonyl (C=O) groups is 1. The van der Waals surface area contributed by atoms with Gasteiger partial charge < -0.3 is 5.32 Å². The van der Waals surface area contributed by atoms with Gasteiger partial charge in [-0.3, -0.25) is 4.79 Å². The van der Waals surface area contributed by atoms with Gasteiger partial charge >= 0.3 is 0 Å². The Balaban J connectivity index is 1.51. The molecule has 0 saturated carbocycles. The first-order valence-corrected chi connectivity index (χ1v) is 11.9. The van der Waals surface area contributed by atoms with Crippen LogP contribution < -0.4 is 5.32 Å². The molecule has 1 saturated heterocycles. The topological polar surface area (TPSA) is 66.5 Å². The van der Waals surface area contributed by atoms with E-state index in [9.17, 15) is 13.2 Å². The Bertz CT molecular complexity index is 753. The van der Waals surface area contributed by atoms with Crippen molar-refractivity contribution in [1.29, 1.82) is 0 Å². The summed E-state index contributed by atoms with van der Waals surface area (Å²) >= 11 is 0. The molecule has 1 aromatic carbocycles. The third-order valence-electron chi connectivity index (χ3n) is 5.86. The molecule has 3 rings (SSSR count). The van der Waals surface area contributed by atoms with E-state index in [0.717, 1.165) is 38.6 Å². The number of aryl methyl sites for hydroxylation is 2. The summed E-state index contributed by atoms with van der Waals surface area (Å²) in [6.07, 6.45) is 8.89. The summed E-state index contributed by atoms with van der Waals surface area (Å²) in [6.45, 7) is 3.75. The first-order valence-electron chi connectivity index (χ1n) is 10.4. The first kappa shape index (κ1) is 20.3. The van der Waals surface area contributed by atoms with Crippen molar-refractivity contribution < 1.29 is 13.2 Å². The van der Waals surface area contributed by atoms with Crippen molar-refractivity contribution >= 4 is 15.9 Å². The second kappa shape index (κ2) is 9.20. The zero-order chi connectivity index (χ0) is 19.3. The predicted octanol–water partition coefficient (Wildman–Crippen LogP) is 3.27. The number of hydrogen-bond acceptors (Lipinski definition) is 3. The lowest BCUT2D eigenvalue weighted by atomic mass is 9.97. The van der Waals surface area contributed by atoms with Crippen molar-refractivity contribution in [3.05, 3.63) is 29.3 Å². The molecule has 0 unspecified atom stereocenters. The fraction of sp³-hybridized carbons (Fsp3) is 0.667. The molecule has 1 aliphatic heterocycles. The van der Waals surface area contributed by atoms with Gasteiger partial charge in [0.1, 0.15) is 0 Å². The quantitative estimate of drug-likeness (QED) is 0.691. The molecule has 1 heterocycles. The molecule has 1 fully saturated rings. The molecule has 6 heteroatoms. The standard InChI is InChI=1S/C21H32N2O3S/c1-2-3-4-5-13-22-21(24)18-11-14-23(15-12-18)27(25,26)20-10-9-17-7-6-8-19(17)16-20/h9-10,16,18H,2-8,11-15H2,1H3,(H,22,24). The number of benzene rings is 1. The predicted molar refractivity (Wildman–Crippen MR) is 107 cm³/mol. The molecule has 1 N–H and O–H groups in total. The summed E-state index contributed by atoms with van der Waals surface area (Å²) in [7, 11) is -3.46. The lowest BCUT2D eigenvalue weighted by Crippen LogP contribution is -2.43. The van der Waals surface area contributed by atoms with Crippen LogP contribution in [0, 0.1) is 5.92 Å². The smallest absolute Gasteiger partial charge is 0.243 e. The van der Waals surface area contributed by atoms with Gasteiger partial charge in [-0.25, -0.2) is 8.42 Å². The third kappa shape index (κ3) is 4.91. The third-order valence-corrected chi connectivity index (χ3v) is 7.76. The number of carbonyl (C=O) groups excluding carboxylic acids is 1. The number of nitrogens with one attached hydrogen (secondary N) is 1. The number of nitrogens with zero attached hydrogens (tertiary/aromatic N) is 1. The molecule has 0 bridgehead atoms. The van der Waals surface area contributed by atoms with Crippen LogP contribution in [0.25, 0.3) is 0 Å². The maximum Gasteiger partial charge on any atom is 0.243 e. The summed E-state index contributed by atoms with van der Waals surface area (Å²) in [5.41, 5.74) is 2.46. The molecule has 0 radical (unpaired) electrons. The summed E-state index contributed by atoms with van der Waals surface area (Å²) in [6, 6.07) is 5.56. The van der Waals surface area contributed by atoms with Crippen LogP contribution in [0.3, 0.4) is 0 Å². The summed E-state index contributed by atoms with van der Waals surface area (Å²) in [5, 5.41) is 3.02. The highest BCUT2D eigenvalue weighted by Gasteiger charge is 2.32. The van der Waals surface area contributed by atoms with E-state index in [1.165, 1.54) is 24.0 Å². The van der Waals surface area contributed by atoms with Crippen molar-refractivity contribution in [3.63, 3.8) is 0 Å². The summed E-state index contributed by atoms with van der Waals surface area (Å²) in [5.74, 6) is 0.0173. The Labute approximate surface area is 163 Å². The second-order valence-electron chi connectivity index (χ2n) is 7.81. The normalized spacial score (nSPS) is 18.4. The molecule has 150 valence electrons. The van der Waals surface area contributed by atoms with E-state index in [2.05, 4.69) is 12.2 Å². The van der Waals surface area contributed by atoms with Crippen molar-refractivity contribution in [2.45, 2.75) is 69.6 Å². The van der Waals surface area contributed by atoms with Gasteiger partial charge in [-0.1, -0.05) is 32.3 Å². The minimum absolute atomic E-state index is 0.0670. The summed E-state index contributed by atoms with van der Waals surface area (Å²) in [4.78, 5) is 12.7. The molecule has 5 nitrogen and oxygen atoms in total. The summed E-state index contributed by atoms with van der Waals surface area (Å²) < 4.78 is 27.5. The van der Waals surface area contributed by atoms with E-state index >= 15 is 0 Å². The zero-order valence-corrected chi connectivity index (χ0v) is 17.2. The lowest BCUT2D eigenvalue weighted by Gasteiger charge is -2.30. The number of rotatable bonds is 8. The largest absolute Gasteiger partial charge is 0.356 e. The fourth-order valence-corrected chi connectivity index (χ4v) is 5.64. The van der Waals surface area contributed by atoms with Crippen LogP contribution in [0.15, 0.2) is 23.1 Å². The van der Waals surface area contributed by atoms with Crippen molar-refractivity contribution in [1.82, 2.24) is 9.62 Å². The van der Waals surface area contributed by atoms with E-state index in [-0.39, 0.29) is 11.8 Å². The molecule has 1 amide bonds. The maximum atomic E-state index is 13.0. The van der Waals surface area contributed by atoms with Gasteiger partial charge in [0.05, 0.1) is 4.90 Å². The average molecular weight is 393 g/mol. The van der Waals surface area contributed by atoms with E-state index < -0.39 is 10.0 Å². The van der Waals surface area contributed by atoms with Gasteiger partial charge in [-0.05, 0) is 61.8 Å². The second-order valence-corrected chi connectivity index (χ2v) is 9.75. The number of sulfonamides is 1. The van der Waals surface area contributed by atoms with Gasteiger partial charge in [0.15, 0.2) is 0 Å². The molecule has 1 aromatic rings. The maximum absolute atomic E-state index is 13.0. The molecule has 1 aliphatic carbocycles. The Morgan fingerprint density at radius 1 is 1.11 bits per heavy atom. The highest BCUT2D eigenvalue weighted by atomic mass is 32.2. The van der Waals surface area contributed by atoms with Crippen molar-refractivity contribution in [3.8, 4) is 0 Å². The first-order chi connectivity index (χ1) is 13.0. The van der Waals surface area contributed by atoms with E-state index in [1.807, 2.05) is 12.1 Å². The molecule has 2 aliphatic rings. The molecule has 0 atom stereocenters. The fourth-order valence-electron chi connectivity index (χ4n) is 4.12. The Hall–Kier alpha value is -1.40. The number of hydrogen-bond donors (Lipinski definition) is 1. The zero-order valence-electron chi connectivity index (χ0n) is 16.4. The van der Waals surface area contributed by atoms with Crippen LogP contribution in [-0.2, 0) is 27.7 Å². The minimum Gasteiger partial charge on any atom is -0.356 e. The molecule has 0 aromatic heterocycles. The molecule has 0 spiro atoms. The van der Waals surface area contributed by atoms with Crippen LogP contribution in [0.5, 0.6) is 0 Å². The molecule has 27 heavy (non-hydrogen) atoms. The van der Waals surface area contributed by atoms with Gasteiger partial charge in [0.2, 0.25) is 15.9 Å². The van der Waals surface area contributed by atoms with Crippen molar-refractivity contribution in [2.75, 3.05) is 19.6 Å². The molecular formula is C21H32N2O3S. The van der Waals surface area contributed by atoms with Crippen LogP contribution in [0.4, 0.5) is 0 Å². The average Bonchev–Trinajstić information content (AvgIpc) is 3.15. The van der Waals surface area contributed by atoms with Gasteiger partial charge in [0.25, 0.3) is 0 Å². The number of unbranched alkanes of at least 4 members (excludes halogenated alkanes) is 3. The highest BCUT2D eigenvalue weighted by Crippen LogP contribution is 2.28. The van der Waals surface area contributed by atoms with Gasteiger partial charge in [-0.2, -0.15) is 4.31 Å². The van der Waals surface area contributed by atoms with E-state index in [1.54, 1.807) is 10.4 Å². The number of piperidine rings is 1. The van der Waals surface area contributed by atoms with Crippen molar-refractivity contribution in [2.24, 2.45) is 5.92 Å². The van der Waals surface area contributed by atoms with Gasteiger partial charge in [0, 0.05) is 25.6 Å². The Morgan fingerprint density at radius 2 is 1.85 bits per heavy atom. The van der Waals surface area contributed by atoms with Crippen LogP contribution in [-0.4, -0.2) is 38.3 Å². The van der Waals surface area contributed by atoms with Crippen LogP contribution in [0.1, 0.15) is 63.0 Å². The highest BCUT2D eigenvalue weighted by molar-refractivity contribution is 7.89. The SMILES string of the molecule is CCCCCCNC(=O)C1CCN(S(=O)(=O)c2ccc3c(c2)CCC3)CC1. The minimum atomic E-state index is -3.46. The van der Waals surface area contributed by atoms with Gasteiger partial charge in [-0.15, -0.1) is 0 Å². The monoisotopic (exact) mass is 392 g/mol. The molecular weight excluding hydrogens is 360 g/mol. The number of fused-ring (bicyclic) bond motifs is 1. The lowest BCUT2D eigenvalue weighted by molar-refractivity contribution is -0.126. The Kier molecular flexibility index (Phi) is 6.93. The Morgan fingerprint density at radius 3 is 2.59 bits per heavy atom. The van der Waals surface area contributed by atoms with E-state index in [4.69, 9.17) is 0 Å².